The van der Waals surface area contributed by atoms with Gasteiger partial charge in [-0.2, -0.15) is 0 Å². The Morgan fingerprint density at radius 3 is 2.16 bits per heavy atom. The molecule has 0 amide bonds. The fourth-order valence-corrected chi connectivity index (χ4v) is 2.53. The highest BCUT2D eigenvalue weighted by atomic mass is 35.5. The SMILES string of the molecule is COc1cc(C(=O)OCC(=O)c2ccc(Cl)cc2Cl)cc(OC)c1O. The number of aromatic hydroxyl groups is 1. The van der Waals surface area contributed by atoms with Crippen LogP contribution in [0.2, 0.25) is 10.0 Å². The molecule has 0 atom stereocenters. The summed E-state index contributed by atoms with van der Waals surface area (Å²) < 4.78 is 14.9. The van der Waals surface area contributed by atoms with E-state index in [2.05, 4.69) is 0 Å². The minimum Gasteiger partial charge on any atom is -0.502 e. The number of ketones is 1. The number of methoxy groups -OCH3 is 2. The van der Waals surface area contributed by atoms with Crippen LogP contribution in [0.25, 0.3) is 0 Å². The number of carbonyl (C=O) groups excluding carboxylic acids is 2. The van der Waals surface area contributed by atoms with Crippen LogP contribution < -0.4 is 9.47 Å². The van der Waals surface area contributed by atoms with Gasteiger partial charge in [0.05, 0.1) is 24.8 Å². The predicted molar refractivity (Wildman–Crippen MR) is 92.3 cm³/mol. The van der Waals surface area contributed by atoms with Crippen LogP contribution >= 0.6 is 23.2 Å². The van der Waals surface area contributed by atoms with Crippen LogP contribution in [0.15, 0.2) is 30.3 Å². The number of hydrogen-bond donors (Lipinski definition) is 1. The largest absolute Gasteiger partial charge is 0.502 e. The minimum atomic E-state index is -0.782. The van der Waals surface area contributed by atoms with Crippen LogP contribution in [0.4, 0.5) is 0 Å². The van der Waals surface area contributed by atoms with Crippen LogP contribution in [-0.4, -0.2) is 37.7 Å². The lowest BCUT2D eigenvalue weighted by Gasteiger charge is -2.11. The van der Waals surface area contributed by atoms with Crippen molar-refractivity contribution in [3.05, 3.63) is 51.5 Å². The average molecular weight is 385 g/mol. The Hall–Kier alpha value is -2.44. The number of Topliss-reactive ketones (excluding diaryl/α,β-unsaturated/α-hetero) is 1. The van der Waals surface area contributed by atoms with E-state index in [-0.39, 0.29) is 33.4 Å². The number of esters is 1. The van der Waals surface area contributed by atoms with Gasteiger partial charge in [-0.1, -0.05) is 23.2 Å². The molecule has 25 heavy (non-hydrogen) atoms. The summed E-state index contributed by atoms with van der Waals surface area (Å²) in [5, 5.41) is 10.4. The molecule has 0 heterocycles. The molecule has 0 bridgehead atoms. The Kier molecular flexibility index (Phi) is 6.12. The van der Waals surface area contributed by atoms with E-state index in [9.17, 15) is 14.7 Å². The monoisotopic (exact) mass is 384 g/mol. The van der Waals surface area contributed by atoms with E-state index < -0.39 is 18.4 Å². The van der Waals surface area contributed by atoms with Gasteiger partial charge in [0, 0.05) is 10.6 Å². The first-order valence-corrected chi connectivity index (χ1v) is 7.73. The van der Waals surface area contributed by atoms with E-state index in [0.717, 1.165) is 0 Å². The number of phenols is 1. The highest BCUT2D eigenvalue weighted by Crippen LogP contribution is 2.37. The molecule has 0 aliphatic carbocycles. The molecule has 0 fully saturated rings. The van der Waals surface area contributed by atoms with Crippen molar-refractivity contribution in [3.8, 4) is 17.2 Å². The second-order valence-electron chi connectivity index (χ2n) is 4.85. The zero-order valence-electron chi connectivity index (χ0n) is 13.3. The predicted octanol–water partition coefficient (Wildman–Crippen LogP) is 3.76. The fraction of sp³-hybridized carbons (Fsp3) is 0.176. The van der Waals surface area contributed by atoms with Gasteiger partial charge >= 0.3 is 5.97 Å². The van der Waals surface area contributed by atoms with Crippen LogP contribution in [0, 0.1) is 0 Å². The van der Waals surface area contributed by atoms with Crippen LogP contribution in [-0.2, 0) is 4.74 Å². The molecule has 0 radical (unpaired) electrons. The number of carbonyl (C=O) groups is 2. The van der Waals surface area contributed by atoms with Crippen molar-refractivity contribution in [2.75, 3.05) is 20.8 Å². The maximum Gasteiger partial charge on any atom is 0.338 e. The molecule has 0 spiro atoms. The Labute approximate surface area is 153 Å². The molecule has 0 unspecified atom stereocenters. The summed E-state index contributed by atoms with van der Waals surface area (Å²) in [7, 11) is 2.66. The number of phenolic OH excluding ortho intramolecular Hbond substituents is 1. The van der Waals surface area contributed by atoms with Crippen molar-refractivity contribution in [1.82, 2.24) is 0 Å². The van der Waals surface area contributed by atoms with Gasteiger partial charge in [0.25, 0.3) is 0 Å². The highest BCUT2D eigenvalue weighted by molar-refractivity contribution is 6.36. The van der Waals surface area contributed by atoms with E-state index in [1.807, 2.05) is 0 Å². The van der Waals surface area contributed by atoms with Gasteiger partial charge in [-0.25, -0.2) is 4.79 Å². The van der Waals surface area contributed by atoms with E-state index in [4.69, 9.17) is 37.4 Å². The molecule has 8 heteroatoms. The summed E-state index contributed by atoms with van der Waals surface area (Å²) in [5.41, 5.74) is 0.251. The third kappa shape index (κ3) is 4.35. The van der Waals surface area contributed by atoms with Gasteiger partial charge in [0.2, 0.25) is 11.5 Å². The topological polar surface area (TPSA) is 82.1 Å². The quantitative estimate of drug-likeness (QED) is 0.603. The highest BCUT2D eigenvalue weighted by Gasteiger charge is 2.18. The first kappa shape index (κ1) is 18.9. The van der Waals surface area contributed by atoms with Crippen molar-refractivity contribution >= 4 is 35.0 Å². The number of benzene rings is 2. The zero-order chi connectivity index (χ0) is 18.6. The normalized spacial score (nSPS) is 10.2. The number of halogens is 2. The first-order chi connectivity index (χ1) is 11.9. The van der Waals surface area contributed by atoms with E-state index in [0.29, 0.717) is 5.02 Å². The first-order valence-electron chi connectivity index (χ1n) is 6.97. The Bertz CT molecular complexity index is 794. The molecule has 0 saturated carbocycles. The smallest absolute Gasteiger partial charge is 0.338 e. The minimum absolute atomic E-state index is 0.0402. The van der Waals surface area contributed by atoms with Gasteiger partial charge in [-0.05, 0) is 30.3 Å². The van der Waals surface area contributed by atoms with Crippen LogP contribution in [0.3, 0.4) is 0 Å². The summed E-state index contributed by atoms with van der Waals surface area (Å²) in [5.74, 6) is -1.43. The molecule has 2 rings (SSSR count). The molecule has 2 aromatic rings. The van der Waals surface area contributed by atoms with Gasteiger partial charge < -0.3 is 19.3 Å². The van der Waals surface area contributed by atoms with Gasteiger partial charge in [0.15, 0.2) is 18.1 Å². The lowest BCUT2D eigenvalue weighted by atomic mass is 10.1. The molecule has 2 aromatic carbocycles. The Balaban J connectivity index is 2.13. The molecular formula is C17H14Cl2O6. The molecule has 0 aliphatic heterocycles. The summed E-state index contributed by atoms with van der Waals surface area (Å²) in [6, 6.07) is 6.94. The third-order valence-electron chi connectivity index (χ3n) is 3.28. The van der Waals surface area contributed by atoms with E-state index in [1.54, 1.807) is 0 Å². The van der Waals surface area contributed by atoms with Crippen molar-refractivity contribution < 1.29 is 28.9 Å². The summed E-state index contributed by atoms with van der Waals surface area (Å²) in [4.78, 5) is 24.3. The van der Waals surface area contributed by atoms with Crippen molar-refractivity contribution in [3.63, 3.8) is 0 Å². The summed E-state index contributed by atoms with van der Waals surface area (Å²) in [6.45, 7) is -0.508. The van der Waals surface area contributed by atoms with Crippen molar-refractivity contribution in [2.24, 2.45) is 0 Å². The molecule has 0 aromatic heterocycles. The Morgan fingerprint density at radius 2 is 1.64 bits per heavy atom. The molecular weight excluding hydrogens is 371 g/mol. The van der Waals surface area contributed by atoms with E-state index >= 15 is 0 Å². The third-order valence-corrected chi connectivity index (χ3v) is 3.83. The number of rotatable bonds is 6. The summed E-state index contributed by atoms with van der Waals surface area (Å²) >= 11 is 11.7. The van der Waals surface area contributed by atoms with Crippen molar-refractivity contribution in [2.45, 2.75) is 0 Å². The lowest BCUT2D eigenvalue weighted by Crippen LogP contribution is -2.15. The summed E-state index contributed by atoms with van der Waals surface area (Å²) in [6.07, 6.45) is 0. The second kappa shape index (κ2) is 8.09. The second-order valence-corrected chi connectivity index (χ2v) is 5.70. The number of ether oxygens (including phenoxy) is 3. The van der Waals surface area contributed by atoms with Crippen LogP contribution in [0.5, 0.6) is 17.2 Å². The average Bonchev–Trinajstić information content (AvgIpc) is 2.59. The fourth-order valence-electron chi connectivity index (χ4n) is 2.02. The van der Waals surface area contributed by atoms with Gasteiger partial charge in [0.1, 0.15) is 0 Å². The molecule has 0 aliphatic rings. The Morgan fingerprint density at radius 1 is 1.04 bits per heavy atom. The van der Waals surface area contributed by atoms with Crippen LogP contribution in [0.1, 0.15) is 20.7 Å². The molecule has 6 nitrogen and oxygen atoms in total. The molecule has 0 saturated heterocycles. The van der Waals surface area contributed by atoms with Crippen molar-refractivity contribution in [1.29, 1.82) is 0 Å². The van der Waals surface area contributed by atoms with Gasteiger partial charge in [-0.15, -0.1) is 0 Å². The maximum atomic E-state index is 12.1. The number of hydrogen-bond acceptors (Lipinski definition) is 6. The van der Waals surface area contributed by atoms with E-state index in [1.165, 1.54) is 44.6 Å². The standard InChI is InChI=1S/C17H14Cl2O6/c1-23-14-5-9(6-15(24-2)16(14)21)17(22)25-8-13(20)11-4-3-10(18)7-12(11)19/h3-7,21H,8H2,1-2H3. The molecule has 1 N–H and O–H groups in total. The maximum absolute atomic E-state index is 12.1. The lowest BCUT2D eigenvalue weighted by molar-refractivity contribution is 0.0474. The zero-order valence-corrected chi connectivity index (χ0v) is 14.9. The molecule has 132 valence electrons. The van der Waals surface area contributed by atoms with Gasteiger partial charge in [-0.3, -0.25) is 4.79 Å².